The van der Waals surface area contributed by atoms with Gasteiger partial charge in [-0.25, -0.2) is 0 Å². The molecule has 3 heterocycles. The van der Waals surface area contributed by atoms with E-state index in [9.17, 15) is 0 Å². The third-order valence-electron chi connectivity index (χ3n) is 13.5. The van der Waals surface area contributed by atoms with Crippen LogP contribution in [0.2, 0.25) is 0 Å². The number of thiophene rings is 1. The molecule has 0 unspecified atom stereocenters. The van der Waals surface area contributed by atoms with Gasteiger partial charge in [0.2, 0.25) is 0 Å². The highest BCUT2D eigenvalue weighted by molar-refractivity contribution is 7.25. The standard InChI is InChI=1S/C59H41N3S/c1-59(2)52-19-11-9-17-46(52)47-30-29-45(34-53(47)59)61(42-23-21-39(22-24-42)38-13-5-3-6-14-38)43-25-27-44(28-26-43)62-55-33-40-31-32-60(41-15-7-4-8-16-41)54(40)35-49(55)50-37-58-51(36-56(50)62)48-18-10-12-20-57(48)63-58/h3-37H,1-2H3. The van der Waals surface area contributed by atoms with Crippen LogP contribution in [0.3, 0.4) is 0 Å². The Bertz CT molecular complexity index is 3740. The average Bonchev–Trinajstić information content (AvgIpc) is 4.07. The zero-order valence-electron chi connectivity index (χ0n) is 35.0. The van der Waals surface area contributed by atoms with Crippen LogP contribution in [0.5, 0.6) is 0 Å². The van der Waals surface area contributed by atoms with Gasteiger partial charge in [0.1, 0.15) is 0 Å². The summed E-state index contributed by atoms with van der Waals surface area (Å²) in [5, 5.41) is 6.33. The van der Waals surface area contributed by atoms with E-state index in [-0.39, 0.29) is 5.41 Å². The van der Waals surface area contributed by atoms with Crippen molar-refractivity contribution in [3.63, 3.8) is 0 Å². The zero-order chi connectivity index (χ0) is 41.8. The molecule has 0 amide bonds. The second-order valence-corrected chi connectivity index (χ2v) is 18.5. The summed E-state index contributed by atoms with van der Waals surface area (Å²) in [6, 6.07) is 76.2. The van der Waals surface area contributed by atoms with Crippen LogP contribution < -0.4 is 4.90 Å². The molecule has 0 spiro atoms. The Kier molecular flexibility index (Phi) is 7.82. The van der Waals surface area contributed by atoms with Gasteiger partial charge in [-0.1, -0.05) is 123 Å². The first-order chi connectivity index (χ1) is 31.0. The SMILES string of the molecule is CC1(C)c2ccccc2-c2ccc(N(c3ccc(-c4ccccc4)cc3)c3ccc(-n4c5cc6ccn(-c7ccccc7)c6cc5c5cc6sc7ccccc7c6cc54)cc3)cc21. The van der Waals surface area contributed by atoms with E-state index in [0.29, 0.717) is 0 Å². The van der Waals surface area contributed by atoms with E-state index in [0.717, 1.165) is 28.4 Å². The monoisotopic (exact) mass is 823 g/mol. The molecule has 0 N–H and O–H groups in total. The van der Waals surface area contributed by atoms with Crippen molar-refractivity contribution in [1.29, 1.82) is 0 Å². The average molecular weight is 824 g/mol. The normalized spacial score (nSPS) is 13.0. The van der Waals surface area contributed by atoms with Crippen molar-refractivity contribution in [1.82, 2.24) is 9.13 Å². The van der Waals surface area contributed by atoms with Gasteiger partial charge in [0, 0.05) is 76.4 Å². The van der Waals surface area contributed by atoms with E-state index in [1.165, 1.54) is 86.3 Å². The summed E-state index contributed by atoms with van der Waals surface area (Å²) in [6.07, 6.45) is 2.20. The minimum Gasteiger partial charge on any atom is -0.317 e. The van der Waals surface area contributed by atoms with Gasteiger partial charge in [0.05, 0.1) is 16.6 Å². The molecule has 9 aromatic carbocycles. The van der Waals surface area contributed by atoms with Crippen LogP contribution in [0, 0.1) is 0 Å². The minimum atomic E-state index is -0.113. The number of hydrogen-bond donors (Lipinski definition) is 0. The molecule has 63 heavy (non-hydrogen) atoms. The summed E-state index contributed by atoms with van der Waals surface area (Å²) in [7, 11) is 0. The van der Waals surface area contributed by atoms with Gasteiger partial charge in [-0.05, 0) is 130 Å². The molecule has 4 heteroatoms. The largest absolute Gasteiger partial charge is 0.317 e. The lowest BCUT2D eigenvalue weighted by molar-refractivity contribution is 0.660. The number of aromatic nitrogens is 2. The van der Waals surface area contributed by atoms with Crippen LogP contribution >= 0.6 is 11.3 Å². The fourth-order valence-corrected chi connectivity index (χ4v) is 11.5. The second-order valence-electron chi connectivity index (χ2n) is 17.4. The molecule has 3 aromatic heterocycles. The summed E-state index contributed by atoms with van der Waals surface area (Å²) in [4.78, 5) is 2.42. The summed E-state index contributed by atoms with van der Waals surface area (Å²) in [5.74, 6) is 0. The number of nitrogens with zero attached hydrogens (tertiary/aromatic N) is 3. The number of rotatable bonds is 6. The predicted molar refractivity (Wildman–Crippen MR) is 268 cm³/mol. The first kappa shape index (κ1) is 36.0. The molecular weight excluding hydrogens is 783 g/mol. The fourth-order valence-electron chi connectivity index (χ4n) is 10.4. The van der Waals surface area contributed by atoms with Crippen molar-refractivity contribution in [2.75, 3.05) is 4.90 Å². The molecule has 3 nitrogen and oxygen atoms in total. The lowest BCUT2D eigenvalue weighted by Crippen LogP contribution is -2.16. The number of para-hydroxylation sites is 1. The van der Waals surface area contributed by atoms with Crippen LogP contribution in [0.4, 0.5) is 17.1 Å². The van der Waals surface area contributed by atoms with Crippen LogP contribution in [0.1, 0.15) is 25.0 Å². The molecule has 298 valence electrons. The topological polar surface area (TPSA) is 13.1 Å². The van der Waals surface area contributed by atoms with Crippen molar-refractivity contribution < 1.29 is 0 Å². The van der Waals surface area contributed by atoms with Gasteiger partial charge in [-0.15, -0.1) is 11.3 Å². The Hall–Kier alpha value is -7.66. The fraction of sp³-hybridized carbons (Fsp3) is 0.0508. The number of benzene rings is 9. The van der Waals surface area contributed by atoms with Crippen LogP contribution in [0.15, 0.2) is 212 Å². The van der Waals surface area contributed by atoms with Crippen molar-refractivity contribution in [2.24, 2.45) is 0 Å². The Balaban J connectivity index is 0.994. The van der Waals surface area contributed by atoms with Gasteiger partial charge >= 0.3 is 0 Å². The highest BCUT2D eigenvalue weighted by Gasteiger charge is 2.35. The van der Waals surface area contributed by atoms with Crippen LogP contribution in [0.25, 0.3) is 86.5 Å². The second kappa shape index (κ2) is 13.7. The first-order valence-electron chi connectivity index (χ1n) is 21.7. The van der Waals surface area contributed by atoms with Crippen molar-refractivity contribution in [3.8, 4) is 33.6 Å². The van der Waals surface area contributed by atoms with Crippen LogP contribution in [-0.2, 0) is 5.41 Å². The molecule has 0 bridgehead atoms. The molecular formula is C59H41N3S. The third-order valence-corrected chi connectivity index (χ3v) is 14.7. The molecule has 0 atom stereocenters. The number of anilines is 3. The van der Waals surface area contributed by atoms with E-state index in [1.54, 1.807) is 0 Å². The maximum Gasteiger partial charge on any atom is 0.0548 e. The molecule has 1 aliphatic carbocycles. The van der Waals surface area contributed by atoms with E-state index >= 15 is 0 Å². The lowest BCUT2D eigenvalue weighted by atomic mass is 9.82. The highest BCUT2D eigenvalue weighted by atomic mass is 32.1. The van der Waals surface area contributed by atoms with Gasteiger partial charge in [0.15, 0.2) is 0 Å². The summed E-state index contributed by atoms with van der Waals surface area (Å²) in [5.41, 5.74) is 17.0. The minimum absolute atomic E-state index is 0.113. The molecule has 0 saturated heterocycles. The summed E-state index contributed by atoms with van der Waals surface area (Å²) < 4.78 is 7.42. The van der Waals surface area contributed by atoms with E-state index in [2.05, 4.69) is 240 Å². The first-order valence-corrected chi connectivity index (χ1v) is 22.6. The highest BCUT2D eigenvalue weighted by Crippen LogP contribution is 2.51. The summed E-state index contributed by atoms with van der Waals surface area (Å²) >= 11 is 1.88. The quantitative estimate of drug-likeness (QED) is 0.163. The number of hydrogen-bond acceptors (Lipinski definition) is 2. The smallest absolute Gasteiger partial charge is 0.0548 e. The van der Waals surface area contributed by atoms with Crippen molar-refractivity contribution >= 4 is 81.3 Å². The Morgan fingerprint density at radius 2 is 1.03 bits per heavy atom. The van der Waals surface area contributed by atoms with Gasteiger partial charge in [-0.2, -0.15) is 0 Å². The number of fused-ring (bicyclic) bond motifs is 10. The van der Waals surface area contributed by atoms with Crippen molar-refractivity contribution in [3.05, 3.63) is 224 Å². The Morgan fingerprint density at radius 1 is 0.413 bits per heavy atom. The third kappa shape index (κ3) is 5.51. The molecule has 0 saturated carbocycles. The summed E-state index contributed by atoms with van der Waals surface area (Å²) in [6.45, 7) is 4.72. The molecule has 0 fully saturated rings. The van der Waals surface area contributed by atoms with E-state index < -0.39 is 0 Å². The zero-order valence-corrected chi connectivity index (χ0v) is 35.8. The molecule has 12 aromatic rings. The Morgan fingerprint density at radius 3 is 1.84 bits per heavy atom. The van der Waals surface area contributed by atoms with E-state index in [4.69, 9.17) is 0 Å². The molecule has 13 rings (SSSR count). The molecule has 1 aliphatic rings. The van der Waals surface area contributed by atoms with Crippen molar-refractivity contribution in [2.45, 2.75) is 19.3 Å². The predicted octanol–water partition coefficient (Wildman–Crippen LogP) is 16.5. The molecule has 0 aliphatic heterocycles. The van der Waals surface area contributed by atoms with E-state index in [1.807, 2.05) is 11.3 Å². The van der Waals surface area contributed by atoms with Gasteiger partial charge in [0.25, 0.3) is 0 Å². The van der Waals surface area contributed by atoms with Gasteiger partial charge < -0.3 is 14.0 Å². The van der Waals surface area contributed by atoms with Crippen LogP contribution in [-0.4, -0.2) is 9.13 Å². The van der Waals surface area contributed by atoms with Gasteiger partial charge in [-0.3, -0.25) is 0 Å². The molecule has 0 radical (unpaired) electrons. The lowest BCUT2D eigenvalue weighted by Gasteiger charge is -2.28. The Labute approximate surface area is 370 Å². The maximum absolute atomic E-state index is 2.48. The maximum atomic E-state index is 2.48.